The minimum absolute atomic E-state index is 0.126. The molecule has 3 heteroatoms. The van der Waals surface area contributed by atoms with E-state index >= 15 is 0 Å². The number of fused-ring (bicyclic) bond motifs is 1. The molecule has 3 nitrogen and oxygen atoms in total. The average molecular weight is 249 g/mol. The highest BCUT2D eigenvalue weighted by Gasteiger charge is 2.14. The molecule has 3 rings (SSSR count). The first kappa shape index (κ1) is 11.8. The fourth-order valence-electron chi connectivity index (χ4n) is 2.44. The molecule has 1 unspecified atom stereocenters. The first-order chi connectivity index (χ1) is 9.40. The van der Waals surface area contributed by atoms with Crippen molar-refractivity contribution in [3.05, 3.63) is 72.3 Å². The molecule has 0 radical (unpaired) electrons. The maximum atomic E-state index is 4.24. The standard InChI is InChI=1S/C16H15N3/c1-17-16(13-5-3-8-18-10-13)14-6-2-4-12-7-9-19-11-15(12)14/h2-11,16-17H,1H3. The summed E-state index contributed by atoms with van der Waals surface area (Å²) in [7, 11) is 1.97. The van der Waals surface area contributed by atoms with Crippen molar-refractivity contribution >= 4 is 10.8 Å². The van der Waals surface area contributed by atoms with E-state index in [0.29, 0.717) is 0 Å². The fraction of sp³-hybridized carbons (Fsp3) is 0.125. The van der Waals surface area contributed by atoms with Gasteiger partial charge in [-0.2, -0.15) is 0 Å². The van der Waals surface area contributed by atoms with Crippen molar-refractivity contribution in [2.75, 3.05) is 7.05 Å². The molecule has 1 atom stereocenters. The van der Waals surface area contributed by atoms with Crippen LogP contribution in [-0.4, -0.2) is 17.0 Å². The predicted molar refractivity (Wildman–Crippen MR) is 76.9 cm³/mol. The summed E-state index contributed by atoms with van der Waals surface area (Å²) in [6, 6.07) is 12.5. The molecule has 19 heavy (non-hydrogen) atoms. The topological polar surface area (TPSA) is 37.8 Å². The van der Waals surface area contributed by atoms with Gasteiger partial charge in [0.1, 0.15) is 0 Å². The predicted octanol–water partition coefficient (Wildman–Crippen LogP) is 2.94. The number of nitrogens with zero attached hydrogens (tertiary/aromatic N) is 2. The number of hydrogen-bond acceptors (Lipinski definition) is 3. The van der Waals surface area contributed by atoms with E-state index in [1.165, 1.54) is 16.3 Å². The van der Waals surface area contributed by atoms with Gasteiger partial charge in [-0.25, -0.2) is 0 Å². The van der Waals surface area contributed by atoms with Gasteiger partial charge in [-0.3, -0.25) is 9.97 Å². The summed E-state index contributed by atoms with van der Waals surface area (Å²) in [5.41, 5.74) is 2.38. The number of nitrogens with one attached hydrogen (secondary N) is 1. The van der Waals surface area contributed by atoms with Crippen molar-refractivity contribution in [1.29, 1.82) is 0 Å². The summed E-state index contributed by atoms with van der Waals surface area (Å²) in [5.74, 6) is 0. The van der Waals surface area contributed by atoms with Crippen LogP contribution in [0.15, 0.2) is 61.2 Å². The van der Waals surface area contributed by atoms with Crippen LogP contribution in [-0.2, 0) is 0 Å². The van der Waals surface area contributed by atoms with Gasteiger partial charge in [-0.1, -0.05) is 24.3 Å². The third-order valence-corrected chi connectivity index (χ3v) is 3.33. The molecule has 1 N–H and O–H groups in total. The maximum absolute atomic E-state index is 4.24. The van der Waals surface area contributed by atoms with Gasteiger partial charge < -0.3 is 5.32 Å². The SMILES string of the molecule is CNC(c1cccnc1)c1cccc2ccncc12. The van der Waals surface area contributed by atoms with Gasteiger partial charge in [0.15, 0.2) is 0 Å². The lowest BCUT2D eigenvalue weighted by atomic mass is 9.96. The summed E-state index contributed by atoms with van der Waals surface area (Å²) < 4.78 is 0. The summed E-state index contributed by atoms with van der Waals surface area (Å²) >= 11 is 0. The van der Waals surface area contributed by atoms with Gasteiger partial charge in [-0.05, 0) is 35.7 Å². The Bertz CT molecular complexity index is 674. The highest BCUT2D eigenvalue weighted by Crippen LogP contribution is 2.27. The van der Waals surface area contributed by atoms with Gasteiger partial charge >= 0.3 is 0 Å². The molecule has 2 heterocycles. The molecule has 2 aromatic heterocycles. The summed E-state index contributed by atoms with van der Waals surface area (Å²) in [5, 5.41) is 5.74. The van der Waals surface area contributed by atoms with Crippen LogP contribution in [0.3, 0.4) is 0 Å². The second-order valence-electron chi connectivity index (χ2n) is 4.45. The van der Waals surface area contributed by atoms with Gasteiger partial charge in [-0.15, -0.1) is 0 Å². The normalized spacial score (nSPS) is 12.5. The Kier molecular flexibility index (Phi) is 3.21. The third kappa shape index (κ3) is 2.20. The zero-order chi connectivity index (χ0) is 13.1. The van der Waals surface area contributed by atoms with Crippen LogP contribution in [0.4, 0.5) is 0 Å². The first-order valence-electron chi connectivity index (χ1n) is 6.30. The Morgan fingerprint density at radius 3 is 2.63 bits per heavy atom. The molecule has 3 aromatic rings. The highest BCUT2D eigenvalue weighted by molar-refractivity contribution is 5.85. The van der Waals surface area contributed by atoms with Crippen LogP contribution in [0.1, 0.15) is 17.2 Å². The van der Waals surface area contributed by atoms with Gasteiger partial charge in [0, 0.05) is 30.2 Å². The molecular formula is C16H15N3. The fourth-order valence-corrected chi connectivity index (χ4v) is 2.44. The van der Waals surface area contributed by atoms with E-state index in [2.05, 4.69) is 39.6 Å². The van der Waals surface area contributed by atoms with Crippen LogP contribution < -0.4 is 5.32 Å². The quantitative estimate of drug-likeness (QED) is 0.775. The van der Waals surface area contributed by atoms with Gasteiger partial charge in [0.2, 0.25) is 0 Å². The smallest absolute Gasteiger partial charge is 0.0596 e. The molecule has 0 bridgehead atoms. The lowest BCUT2D eigenvalue weighted by Crippen LogP contribution is -2.18. The average Bonchev–Trinajstić information content (AvgIpc) is 2.49. The van der Waals surface area contributed by atoms with Crippen molar-refractivity contribution < 1.29 is 0 Å². The van der Waals surface area contributed by atoms with E-state index in [4.69, 9.17) is 0 Å². The largest absolute Gasteiger partial charge is 0.309 e. The molecule has 0 aliphatic heterocycles. The summed E-state index contributed by atoms with van der Waals surface area (Å²) in [4.78, 5) is 8.44. The molecule has 0 aliphatic rings. The Hall–Kier alpha value is -2.26. The summed E-state index contributed by atoms with van der Waals surface area (Å²) in [6.45, 7) is 0. The molecular weight excluding hydrogens is 234 g/mol. The van der Waals surface area contributed by atoms with E-state index in [9.17, 15) is 0 Å². The van der Waals surface area contributed by atoms with Crippen LogP contribution in [0, 0.1) is 0 Å². The molecule has 1 aromatic carbocycles. The van der Waals surface area contributed by atoms with Gasteiger partial charge in [0.25, 0.3) is 0 Å². The second kappa shape index (κ2) is 5.16. The zero-order valence-electron chi connectivity index (χ0n) is 10.7. The lowest BCUT2D eigenvalue weighted by molar-refractivity contribution is 0.693. The molecule has 0 aliphatic carbocycles. The number of aromatic nitrogens is 2. The van der Waals surface area contributed by atoms with E-state index in [1.54, 1.807) is 6.20 Å². The van der Waals surface area contributed by atoms with E-state index < -0.39 is 0 Å². The maximum Gasteiger partial charge on any atom is 0.0596 e. The number of pyridine rings is 2. The monoisotopic (exact) mass is 249 g/mol. The summed E-state index contributed by atoms with van der Waals surface area (Å²) in [6.07, 6.45) is 7.44. The Balaban J connectivity index is 2.17. The Morgan fingerprint density at radius 1 is 0.947 bits per heavy atom. The van der Waals surface area contributed by atoms with Crippen molar-refractivity contribution in [3.8, 4) is 0 Å². The second-order valence-corrected chi connectivity index (χ2v) is 4.45. The molecule has 0 saturated heterocycles. The van der Waals surface area contributed by atoms with Crippen molar-refractivity contribution in [2.24, 2.45) is 0 Å². The van der Waals surface area contributed by atoms with Gasteiger partial charge in [0.05, 0.1) is 6.04 Å². The molecule has 0 fully saturated rings. The van der Waals surface area contributed by atoms with Crippen molar-refractivity contribution in [3.63, 3.8) is 0 Å². The van der Waals surface area contributed by atoms with E-state index in [-0.39, 0.29) is 6.04 Å². The van der Waals surface area contributed by atoms with Crippen molar-refractivity contribution in [1.82, 2.24) is 15.3 Å². The molecule has 0 saturated carbocycles. The number of rotatable bonds is 3. The third-order valence-electron chi connectivity index (χ3n) is 3.33. The molecule has 0 spiro atoms. The van der Waals surface area contributed by atoms with E-state index in [0.717, 1.165) is 5.56 Å². The highest BCUT2D eigenvalue weighted by atomic mass is 14.9. The zero-order valence-corrected chi connectivity index (χ0v) is 10.7. The molecule has 0 amide bonds. The number of hydrogen-bond donors (Lipinski definition) is 1. The van der Waals surface area contributed by atoms with E-state index in [1.807, 2.05) is 37.8 Å². The minimum Gasteiger partial charge on any atom is -0.309 e. The van der Waals surface area contributed by atoms with Crippen LogP contribution in [0.2, 0.25) is 0 Å². The van der Waals surface area contributed by atoms with Crippen LogP contribution in [0.5, 0.6) is 0 Å². The van der Waals surface area contributed by atoms with Crippen LogP contribution >= 0.6 is 0 Å². The molecule has 94 valence electrons. The Labute approximate surface area is 112 Å². The van der Waals surface area contributed by atoms with Crippen molar-refractivity contribution in [2.45, 2.75) is 6.04 Å². The Morgan fingerprint density at radius 2 is 1.84 bits per heavy atom. The lowest BCUT2D eigenvalue weighted by Gasteiger charge is -2.18. The minimum atomic E-state index is 0.126. The number of benzene rings is 1. The van der Waals surface area contributed by atoms with Crippen LogP contribution in [0.25, 0.3) is 10.8 Å². The first-order valence-corrected chi connectivity index (χ1v) is 6.30.